The van der Waals surface area contributed by atoms with Crippen molar-refractivity contribution >= 4 is 11.9 Å². The number of aliphatic hydroxyl groups is 1. The van der Waals surface area contributed by atoms with Crippen LogP contribution in [0.5, 0.6) is 0 Å². The summed E-state index contributed by atoms with van der Waals surface area (Å²) in [6, 6.07) is 1.75. The molecule has 1 atom stereocenters. The van der Waals surface area contributed by atoms with Crippen LogP contribution >= 0.6 is 0 Å². The van der Waals surface area contributed by atoms with Gasteiger partial charge in [-0.05, 0) is 32.8 Å². The van der Waals surface area contributed by atoms with E-state index < -0.39 is 5.60 Å². The molecule has 1 aliphatic rings. The fourth-order valence-corrected chi connectivity index (χ4v) is 3.02. The van der Waals surface area contributed by atoms with Gasteiger partial charge in [0.1, 0.15) is 11.3 Å². The van der Waals surface area contributed by atoms with Crippen LogP contribution in [0.25, 0.3) is 0 Å². The van der Waals surface area contributed by atoms with E-state index in [9.17, 15) is 9.90 Å². The molecular weight excluding hydrogens is 310 g/mol. The first-order chi connectivity index (χ1) is 11.5. The number of hydrogen-bond acceptors (Lipinski definition) is 7. The first-order valence-corrected chi connectivity index (χ1v) is 7.94. The largest absolute Gasteiger partial charge is 0.386 e. The van der Waals surface area contributed by atoms with Crippen molar-refractivity contribution in [3.05, 3.63) is 35.5 Å². The summed E-state index contributed by atoms with van der Waals surface area (Å²) in [5, 5.41) is 17.4. The summed E-state index contributed by atoms with van der Waals surface area (Å²) in [7, 11) is 0. The standard InChI is InChI=1S/C16H21N5O3/c1-11-13(12(2)24-20-11)14(22)19-9-16(23)5-3-8-21(10-16)15-17-6-4-7-18-15/h4,6-7,23H,3,5,8-10H2,1-2H3,(H,19,22). The maximum absolute atomic E-state index is 12.3. The van der Waals surface area contributed by atoms with Gasteiger partial charge >= 0.3 is 0 Å². The van der Waals surface area contributed by atoms with E-state index in [0.29, 0.717) is 35.9 Å². The Morgan fingerprint density at radius 1 is 1.42 bits per heavy atom. The quantitative estimate of drug-likeness (QED) is 0.855. The smallest absolute Gasteiger partial charge is 0.256 e. The third kappa shape index (κ3) is 3.38. The predicted octanol–water partition coefficient (Wildman–Crippen LogP) is 0.843. The fourth-order valence-electron chi connectivity index (χ4n) is 3.02. The molecule has 0 saturated carbocycles. The summed E-state index contributed by atoms with van der Waals surface area (Å²) in [4.78, 5) is 22.7. The molecule has 8 nitrogen and oxygen atoms in total. The molecule has 1 amide bonds. The van der Waals surface area contributed by atoms with Crippen molar-refractivity contribution in [2.75, 3.05) is 24.5 Å². The Morgan fingerprint density at radius 3 is 2.83 bits per heavy atom. The summed E-state index contributed by atoms with van der Waals surface area (Å²) in [5.41, 5.74) is -0.0517. The van der Waals surface area contributed by atoms with Gasteiger partial charge in [-0.15, -0.1) is 0 Å². The van der Waals surface area contributed by atoms with Crippen LogP contribution in [0, 0.1) is 13.8 Å². The van der Waals surface area contributed by atoms with Crippen molar-refractivity contribution in [3.8, 4) is 0 Å². The highest BCUT2D eigenvalue weighted by molar-refractivity contribution is 5.96. The molecule has 8 heteroatoms. The van der Waals surface area contributed by atoms with Gasteiger partial charge in [0, 0.05) is 25.5 Å². The number of β-amino-alcohol motifs (C(OH)–C–C–N with tert-alkyl or cyclic N) is 1. The Morgan fingerprint density at radius 2 is 2.17 bits per heavy atom. The molecule has 2 N–H and O–H groups in total. The molecule has 1 aliphatic heterocycles. The molecule has 0 spiro atoms. The summed E-state index contributed by atoms with van der Waals surface area (Å²) >= 11 is 0. The zero-order valence-electron chi connectivity index (χ0n) is 13.8. The van der Waals surface area contributed by atoms with Gasteiger partial charge in [0.25, 0.3) is 5.91 Å². The predicted molar refractivity (Wildman–Crippen MR) is 86.7 cm³/mol. The molecule has 0 radical (unpaired) electrons. The third-order valence-corrected chi connectivity index (χ3v) is 4.23. The topological polar surface area (TPSA) is 104 Å². The van der Waals surface area contributed by atoms with Gasteiger partial charge in [-0.3, -0.25) is 4.79 Å². The van der Waals surface area contributed by atoms with Gasteiger partial charge in [0.05, 0.1) is 17.8 Å². The second-order valence-corrected chi connectivity index (χ2v) is 6.18. The molecule has 0 aromatic carbocycles. The Bertz CT molecular complexity index is 698. The van der Waals surface area contributed by atoms with Crippen molar-refractivity contribution in [1.82, 2.24) is 20.4 Å². The Kier molecular flexibility index (Phi) is 4.48. The zero-order valence-corrected chi connectivity index (χ0v) is 13.8. The number of amides is 1. The van der Waals surface area contributed by atoms with Gasteiger partial charge < -0.3 is 19.8 Å². The average molecular weight is 331 g/mol. The minimum Gasteiger partial charge on any atom is -0.386 e. The minimum absolute atomic E-state index is 0.152. The van der Waals surface area contributed by atoms with E-state index in [1.165, 1.54) is 0 Å². The second kappa shape index (κ2) is 6.56. The van der Waals surface area contributed by atoms with Crippen LogP contribution in [0.1, 0.15) is 34.7 Å². The molecule has 1 saturated heterocycles. The summed E-state index contributed by atoms with van der Waals surface area (Å²) in [6.07, 6.45) is 4.76. The molecule has 128 valence electrons. The summed E-state index contributed by atoms with van der Waals surface area (Å²) < 4.78 is 5.01. The van der Waals surface area contributed by atoms with E-state index in [4.69, 9.17) is 4.52 Å². The van der Waals surface area contributed by atoms with E-state index >= 15 is 0 Å². The lowest BCUT2D eigenvalue weighted by Crippen LogP contribution is -2.54. The van der Waals surface area contributed by atoms with E-state index in [1.54, 1.807) is 32.3 Å². The van der Waals surface area contributed by atoms with Crippen molar-refractivity contribution in [3.63, 3.8) is 0 Å². The van der Waals surface area contributed by atoms with E-state index in [2.05, 4.69) is 20.4 Å². The van der Waals surface area contributed by atoms with E-state index in [-0.39, 0.29) is 12.5 Å². The molecule has 2 aromatic heterocycles. The van der Waals surface area contributed by atoms with Gasteiger partial charge in [0.15, 0.2) is 0 Å². The highest BCUT2D eigenvalue weighted by Gasteiger charge is 2.35. The Balaban J connectivity index is 1.65. The van der Waals surface area contributed by atoms with E-state index in [1.807, 2.05) is 4.90 Å². The number of hydrogen-bond donors (Lipinski definition) is 2. The van der Waals surface area contributed by atoms with Crippen LogP contribution < -0.4 is 10.2 Å². The van der Waals surface area contributed by atoms with Gasteiger partial charge in [-0.25, -0.2) is 9.97 Å². The monoisotopic (exact) mass is 331 g/mol. The maximum Gasteiger partial charge on any atom is 0.256 e. The van der Waals surface area contributed by atoms with Crippen LogP contribution in [-0.2, 0) is 0 Å². The van der Waals surface area contributed by atoms with Crippen molar-refractivity contribution in [2.45, 2.75) is 32.3 Å². The lowest BCUT2D eigenvalue weighted by atomic mass is 9.92. The molecular formula is C16H21N5O3. The first kappa shape index (κ1) is 16.4. The number of anilines is 1. The zero-order chi connectivity index (χ0) is 17.2. The molecule has 0 bridgehead atoms. The highest BCUT2D eigenvalue weighted by atomic mass is 16.5. The molecule has 1 fully saturated rings. The van der Waals surface area contributed by atoms with Crippen LogP contribution in [-0.4, -0.2) is 51.4 Å². The molecule has 24 heavy (non-hydrogen) atoms. The fraction of sp³-hybridized carbons (Fsp3) is 0.500. The Labute approximate surface area is 139 Å². The molecule has 2 aromatic rings. The molecule has 1 unspecified atom stereocenters. The van der Waals surface area contributed by atoms with Crippen LogP contribution in [0.4, 0.5) is 5.95 Å². The number of nitrogens with zero attached hydrogens (tertiary/aromatic N) is 4. The van der Waals surface area contributed by atoms with Gasteiger partial charge in [-0.1, -0.05) is 5.16 Å². The van der Waals surface area contributed by atoms with Crippen LogP contribution in [0.2, 0.25) is 0 Å². The number of aromatic nitrogens is 3. The number of nitrogens with one attached hydrogen (secondary N) is 1. The lowest BCUT2D eigenvalue weighted by Gasteiger charge is -2.39. The average Bonchev–Trinajstić information content (AvgIpc) is 2.92. The number of rotatable bonds is 4. The van der Waals surface area contributed by atoms with Crippen LogP contribution in [0.15, 0.2) is 23.0 Å². The molecule has 0 aliphatic carbocycles. The van der Waals surface area contributed by atoms with Crippen LogP contribution in [0.3, 0.4) is 0 Å². The minimum atomic E-state index is -1.02. The number of carbonyl (C=O) groups is 1. The summed E-state index contributed by atoms with van der Waals surface area (Å²) in [5.74, 6) is 0.778. The second-order valence-electron chi connectivity index (χ2n) is 6.18. The van der Waals surface area contributed by atoms with Crippen molar-refractivity contribution in [2.24, 2.45) is 0 Å². The Hall–Kier alpha value is -2.48. The number of aryl methyl sites for hydroxylation is 2. The number of carbonyl (C=O) groups excluding carboxylic acids is 1. The molecule has 3 rings (SSSR count). The normalized spacial score (nSPS) is 20.9. The van der Waals surface area contributed by atoms with Gasteiger partial charge in [0.2, 0.25) is 5.95 Å². The molecule has 3 heterocycles. The SMILES string of the molecule is Cc1noc(C)c1C(=O)NCC1(O)CCCN(c2ncccn2)C1. The van der Waals surface area contributed by atoms with Gasteiger partial charge in [-0.2, -0.15) is 0 Å². The van der Waals surface area contributed by atoms with Crippen molar-refractivity contribution < 1.29 is 14.4 Å². The van der Waals surface area contributed by atoms with Crippen molar-refractivity contribution in [1.29, 1.82) is 0 Å². The lowest BCUT2D eigenvalue weighted by molar-refractivity contribution is 0.0252. The maximum atomic E-state index is 12.3. The summed E-state index contributed by atoms with van der Waals surface area (Å²) in [6.45, 7) is 4.72. The highest BCUT2D eigenvalue weighted by Crippen LogP contribution is 2.23. The number of piperidine rings is 1. The first-order valence-electron chi connectivity index (χ1n) is 7.94. The van der Waals surface area contributed by atoms with E-state index in [0.717, 1.165) is 13.0 Å². The third-order valence-electron chi connectivity index (χ3n) is 4.23.